The van der Waals surface area contributed by atoms with Gasteiger partial charge in [0, 0.05) is 31.0 Å². The van der Waals surface area contributed by atoms with E-state index in [-0.39, 0.29) is 18.0 Å². The average Bonchev–Trinajstić information content (AvgIpc) is 3.10. The van der Waals surface area contributed by atoms with Gasteiger partial charge in [0.2, 0.25) is 0 Å². The Morgan fingerprint density at radius 1 is 1.18 bits per heavy atom. The molecule has 1 saturated carbocycles. The van der Waals surface area contributed by atoms with Gasteiger partial charge in [0.05, 0.1) is 5.69 Å². The molecule has 92 valence electrons. The molecule has 3 rings (SSSR count). The summed E-state index contributed by atoms with van der Waals surface area (Å²) in [4.78, 5) is 8.04. The molecule has 0 aromatic carbocycles. The van der Waals surface area contributed by atoms with Gasteiger partial charge in [0.1, 0.15) is 5.82 Å². The van der Waals surface area contributed by atoms with Crippen LogP contribution in [0.4, 0.5) is 13.2 Å². The maximum absolute atomic E-state index is 12.9. The second-order valence-electron chi connectivity index (χ2n) is 4.55. The first kappa shape index (κ1) is 11.0. The molecule has 3 nitrogen and oxygen atoms in total. The number of nitrogens with one attached hydrogen (secondary N) is 1. The number of aromatic nitrogens is 2. The molecule has 1 aromatic rings. The summed E-state index contributed by atoms with van der Waals surface area (Å²) in [5, 5.41) is 2.94. The van der Waals surface area contributed by atoms with Gasteiger partial charge < -0.3 is 5.32 Å². The van der Waals surface area contributed by atoms with Crippen LogP contribution in [0.25, 0.3) is 0 Å². The van der Waals surface area contributed by atoms with Crippen molar-refractivity contribution in [3.63, 3.8) is 0 Å². The second-order valence-corrected chi connectivity index (χ2v) is 4.55. The summed E-state index contributed by atoms with van der Waals surface area (Å²) in [5.74, 6) is 0.536. The predicted octanol–water partition coefficient (Wildman–Crippen LogP) is 2.02. The molecule has 1 aliphatic heterocycles. The first-order valence-electron chi connectivity index (χ1n) is 5.73. The molecule has 2 aliphatic rings. The molecule has 0 saturated heterocycles. The minimum atomic E-state index is -4.38. The Kier molecular flexibility index (Phi) is 2.36. The van der Waals surface area contributed by atoms with Crippen LogP contribution >= 0.6 is 0 Å². The molecule has 0 bridgehead atoms. The van der Waals surface area contributed by atoms with Crippen LogP contribution in [-0.4, -0.2) is 16.5 Å². The minimum Gasteiger partial charge on any atom is -0.312 e. The molecule has 1 N–H and O–H groups in total. The van der Waals surface area contributed by atoms with E-state index < -0.39 is 11.9 Å². The maximum atomic E-state index is 12.9. The van der Waals surface area contributed by atoms with Crippen LogP contribution in [0.3, 0.4) is 0 Å². The monoisotopic (exact) mass is 243 g/mol. The minimum absolute atomic E-state index is 0.149. The topological polar surface area (TPSA) is 37.8 Å². The van der Waals surface area contributed by atoms with E-state index in [4.69, 9.17) is 0 Å². The van der Waals surface area contributed by atoms with E-state index in [0.717, 1.165) is 12.8 Å². The van der Waals surface area contributed by atoms with Crippen molar-refractivity contribution in [1.29, 1.82) is 0 Å². The third kappa shape index (κ3) is 2.01. The Hall–Kier alpha value is -1.17. The molecule has 6 heteroatoms. The van der Waals surface area contributed by atoms with Crippen LogP contribution in [-0.2, 0) is 19.1 Å². The molecular formula is C11H12F3N3. The van der Waals surface area contributed by atoms with Crippen LogP contribution in [0.1, 0.15) is 41.5 Å². The standard InChI is InChI=1S/C11H12F3N3/c12-11(13,14)9-7-5-15-4-3-8(7)16-10(17-9)6-1-2-6/h6,15H,1-5H2. The number of nitrogens with zero attached hydrogens (tertiary/aromatic N) is 2. The van der Waals surface area contributed by atoms with Crippen LogP contribution < -0.4 is 5.32 Å². The van der Waals surface area contributed by atoms with Crippen molar-refractivity contribution in [3.05, 3.63) is 22.8 Å². The number of hydrogen-bond acceptors (Lipinski definition) is 3. The third-order valence-electron chi connectivity index (χ3n) is 3.16. The van der Waals surface area contributed by atoms with Crippen LogP contribution in [0.5, 0.6) is 0 Å². The van der Waals surface area contributed by atoms with Gasteiger partial charge in [-0.3, -0.25) is 0 Å². The Bertz CT molecular complexity index is 452. The number of alkyl halides is 3. The van der Waals surface area contributed by atoms with E-state index in [1.807, 2.05) is 0 Å². The number of hydrogen-bond donors (Lipinski definition) is 1. The van der Waals surface area contributed by atoms with Gasteiger partial charge in [-0.05, 0) is 12.8 Å². The van der Waals surface area contributed by atoms with Gasteiger partial charge in [-0.15, -0.1) is 0 Å². The van der Waals surface area contributed by atoms with Crippen molar-refractivity contribution >= 4 is 0 Å². The summed E-state index contributed by atoms with van der Waals surface area (Å²) >= 11 is 0. The summed E-state index contributed by atoms with van der Waals surface area (Å²) in [5.41, 5.74) is 0.0673. The van der Waals surface area contributed by atoms with Gasteiger partial charge >= 0.3 is 6.18 Å². The lowest BCUT2D eigenvalue weighted by molar-refractivity contribution is -0.142. The highest BCUT2D eigenvalue weighted by Crippen LogP contribution is 2.40. The lowest BCUT2D eigenvalue weighted by Gasteiger charge is -2.21. The molecule has 17 heavy (non-hydrogen) atoms. The van der Waals surface area contributed by atoms with Gasteiger partial charge in [-0.1, -0.05) is 0 Å². The van der Waals surface area contributed by atoms with E-state index in [9.17, 15) is 13.2 Å². The highest BCUT2D eigenvalue weighted by atomic mass is 19.4. The SMILES string of the molecule is FC(F)(F)c1nc(C2CC2)nc2c1CNCC2. The summed E-state index contributed by atoms with van der Waals surface area (Å²) in [6, 6.07) is 0. The quantitative estimate of drug-likeness (QED) is 0.820. The van der Waals surface area contributed by atoms with E-state index in [2.05, 4.69) is 15.3 Å². The van der Waals surface area contributed by atoms with E-state index in [1.165, 1.54) is 0 Å². The predicted molar refractivity (Wildman–Crippen MR) is 54.4 cm³/mol. The van der Waals surface area contributed by atoms with E-state index >= 15 is 0 Å². The molecule has 0 amide bonds. The van der Waals surface area contributed by atoms with Crippen molar-refractivity contribution in [3.8, 4) is 0 Å². The smallest absolute Gasteiger partial charge is 0.312 e. The maximum Gasteiger partial charge on any atom is 0.433 e. The Labute approximate surface area is 96.5 Å². The van der Waals surface area contributed by atoms with Crippen molar-refractivity contribution in [2.75, 3.05) is 6.54 Å². The fraction of sp³-hybridized carbons (Fsp3) is 0.636. The summed E-state index contributed by atoms with van der Waals surface area (Å²) in [6.45, 7) is 0.903. The number of halogens is 3. The summed E-state index contributed by atoms with van der Waals surface area (Å²) in [7, 11) is 0. The molecular weight excluding hydrogens is 231 g/mol. The van der Waals surface area contributed by atoms with Crippen molar-refractivity contribution in [2.24, 2.45) is 0 Å². The third-order valence-corrected chi connectivity index (χ3v) is 3.16. The lowest BCUT2D eigenvalue weighted by atomic mass is 10.0. The Morgan fingerprint density at radius 2 is 1.94 bits per heavy atom. The fourth-order valence-electron chi connectivity index (χ4n) is 2.12. The molecule has 0 atom stereocenters. The molecule has 2 heterocycles. The highest BCUT2D eigenvalue weighted by molar-refractivity contribution is 5.31. The van der Waals surface area contributed by atoms with E-state index in [0.29, 0.717) is 24.5 Å². The molecule has 1 aliphatic carbocycles. The zero-order chi connectivity index (χ0) is 12.0. The molecule has 0 radical (unpaired) electrons. The first-order valence-corrected chi connectivity index (χ1v) is 5.73. The molecule has 0 spiro atoms. The second kappa shape index (κ2) is 3.66. The summed E-state index contributed by atoms with van der Waals surface area (Å²) < 4.78 is 38.8. The van der Waals surface area contributed by atoms with Crippen molar-refractivity contribution < 1.29 is 13.2 Å². The summed E-state index contributed by atoms with van der Waals surface area (Å²) in [6.07, 6.45) is -2.00. The first-order chi connectivity index (χ1) is 8.05. The molecule has 1 aromatic heterocycles. The zero-order valence-electron chi connectivity index (χ0n) is 9.14. The molecule has 1 fully saturated rings. The van der Waals surface area contributed by atoms with Gasteiger partial charge in [-0.25, -0.2) is 9.97 Å². The zero-order valence-corrected chi connectivity index (χ0v) is 9.14. The Morgan fingerprint density at radius 3 is 2.59 bits per heavy atom. The van der Waals surface area contributed by atoms with E-state index in [1.54, 1.807) is 0 Å². The van der Waals surface area contributed by atoms with Crippen molar-refractivity contribution in [2.45, 2.75) is 37.9 Å². The van der Waals surface area contributed by atoms with Crippen LogP contribution in [0.2, 0.25) is 0 Å². The van der Waals surface area contributed by atoms with Gasteiger partial charge in [0.15, 0.2) is 5.69 Å². The van der Waals surface area contributed by atoms with Crippen LogP contribution in [0, 0.1) is 0 Å². The fourth-order valence-corrected chi connectivity index (χ4v) is 2.12. The van der Waals surface area contributed by atoms with Crippen molar-refractivity contribution in [1.82, 2.24) is 15.3 Å². The average molecular weight is 243 g/mol. The van der Waals surface area contributed by atoms with Crippen LogP contribution in [0.15, 0.2) is 0 Å². The number of rotatable bonds is 1. The normalized spacial score (nSPS) is 20.2. The number of fused-ring (bicyclic) bond motifs is 1. The highest BCUT2D eigenvalue weighted by Gasteiger charge is 2.39. The van der Waals surface area contributed by atoms with Gasteiger partial charge in [0.25, 0.3) is 0 Å². The largest absolute Gasteiger partial charge is 0.433 e. The molecule has 0 unspecified atom stereocenters. The Balaban J connectivity index is 2.12. The van der Waals surface area contributed by atoms with Gasteiger partial charge in [-0.2, -0.15) is 13.2 Å². The lowest BCUT2D eigenvalue weighted by Crippen LogP contribution is -2.29.